The number of nitrogens with one attached hydrogen (secondary N) is 2. The van der Waals surface area contributed by atoms with Crippen molar-refractivity contribution in [1.29, 1.82) is 0 Å². The Bertz CT molecular complexity index is 650. The molecule has 0 fully saturated rings. The van der Waals surface area contributed by atoms with Crippen molar-refractivity contribution in [2.75, 3.05) is 0 Å². The van der Waals surface area contributed by atoms with Crippen LogP contribution in [0.15, 0.2) is 22.4 Å². The van der Waals surface area contributed by atoms with Crippen LogP contribution in [0.1, 0.15) is 30.1 Å². The zero-order chi connectivity index (χ0) is 14.3. The number of aromatic amines is 1. The third-order valence-corrected chi connectivity index (χ3v) is 5.97. The van der Waals surface area contributed by atoms with E-state index in [1.165, 1.54) is 11.3 Å². The summed E-state index contributed by atoms with van der Waals surface area (Å²) in [4.78, 5) is 1.20. The normalized spacial score (nSPS) is 12.8. The molecule has 2 aromatic heterocycles. The van der Waals surface area contributed by atoms with Gasteiger partial charge in [-0.1, -0.05) is 6.07 Å². The van der Waals surface area contributed by atoms with Crippen molar-refractivity contribution in [3.63, 3.8) is 0 Å². The van der Waals surface area contributed by atoms with Crippen molar-refractivity contribution in [3.05, 3.63) is 33.8 Å². The highest BCUT2D eigenvalue weighted by atomic mass is 32.2. The number of sulfonamides is 1. The third-order valence-electron chi connectivity index (χ3n) is 2.86. The molecule has 0 unspecified atom stereocenters. The minimum absolute atomic E-state index is 0.233. The van der Waals surface area contributed by atoms with Crippen LogP contribution < -0.4 is 4.72 Å². The van der Waals surface area contributed by atoms with Crippen molar-refractivity contribution in [2.24, 2.45) is 0 Å². The Morgan fingerprint density at radius 2 is 2.05 bits per heavy atom. The lowest BCUT2D eigenvalue weighted by Gasteiger charge is -2.24. The number of H-pyrrole nitrogens is 1. The lowest BCUT2D eigenvalue weighted by atomic mass is 10.1. The van der Waals surface area contributed by atoms with Crippen molar-refractivity contribution >= 4 is 21.4 Å². The van der Waals surface area contributed by atoms with Gasteiger partial charge < -0.3 is 0 Å². The molecule has 0 aliphatic heterocycles. The topological polar surface area (TPSA) is 74.8 Å². The van der Waals surface area contributed by atoms with E-state index in [1.54, 1.807) is 13.8 Å². The van der Waals surface area contributed by atoms with Gasteiger partial charge in [-0.15, -0.1) is 11.3 Å². The Hall–Kier alpha value is -1.18. The van der Waals surface area contributed by atoms with Crippen LogP contribution in [0.4, 0.5) is 0 Å². The monoisotopic (exact) mass is 299 g/mol. The van der Waals surface area contributed by atoms with Crippen LogP contribution in [-0.2, 0) is 15.6 Å². The van der Waals surface area contributed by atoms with Crippen LogP contribution >= 0.6 is 11.3 Å². The van der Waals surface area contributed by atoms with Gasteiger partial charge >= 0.3 is 0 Å². The summed E-state index contributed by atoms with van der Waals surface area (Å²) in [5, 5.41) is 8.56. The smallest absolute Gasteiger partial charge is 0.245 e. The molecule has 0 saturated carbocycles. The van der Waals surface area contributed by atoms with Crippen LogP contribution in [-0.4, -0.2) is 18.6 Å². The number of aromatic nitrogens is 2. The maximum atomic E-state index is 12.5. The summed E-state index contributed by atoms with van der Waals surface area (Å²) in [6.07, 6.45) is 0. The number of thiophene rings is 1. The van der Waals surface area contributed by atoms with E-state index in [0.29, 0.717) is 11.4 Å². The molecule has 0 bridgehead atoms. The molecule has 104 valence electrons. The first-order valence-corrected chi connectivity index (χ1v) is 8.20. The van der Waals surface area contributed by atoms with Gasteiger partial charge in [-0.25, -0.2) is 13.1 Å². The Morgan fingerprint density at radius 1 is 1.37 bits per heavy atom. The predicted molar refractivity (Wildman–Crippen MR) is 75.7 cm³/mol. The van der Waals surface area contributed by atoms with Crippen LogP contribution in [0.2, 0.25) is 0 Å². The summed E-state index contributed by atoms with van der Waals surface area (Å²) >= 11 is 1.53. The summed E-state index contributed by atoms with van der Waals surface area (Å²) in [5.41, 5.74) is 0.377. The number of aryl methyl sites for hydroxylation is 2. The molecule has 0 spiro atoms. The van der Waals surface area contributed by atoms with Gasteiger partial charge in [-0.2, -0.15) is 5.10 Å². The van der Waals surface area contributed by atoms with Gasteiger partial charge in [-0.3, -0.25) is 5.10 Å². The lowest BCUT2D eigenvalue weighted by molar-refractivity contribution is 0.479. The van der Waals surface area contributed by atoms with Gasteiger partial charge in [0.1, 0.15) is 4.90 Å². The van der Waals surface area contributed by atoms with Gasteiger partial charge in [0, 0.05) is 4.88 Å². The minimum atomic E-state index is -3.60. The molecule has 2 aromatic rings. The molecule has 0 amide bonds. The number of rotatable bonds is 4. The first kappa shape index (κ1) is 14.2. The van der Waals surface area contributed by atoms with Crippen LogP contribution in [0.3, 0.4) is 0 Å². The SMILES string of the molecule is Cc1n[nH]c(C)c1S(=O)(=O)NC(C)(C)c1cccs1. The summed E-state index contributed by atoms with van der Waals surface area (Å²) < 4.78 is 27.7. The summed E-state index contributed by atoms with van der Waals surface area (Å²) in [7, 11) is -3.60. The Morgan fingerprint density at radius 3 is 2.53 bits per heavy atom. The van der Waals surface area contributed by atoms with E-state index in [2.05, 4.69) is 14.9 Å². The summed E-state index contributed by atoms with van der Waals surface area (Å²) in [6, 6.07) is 3.83. The third kappa shape index (κ3) is 2.72. The largest absolute Gasteiger partial charge is 0.281 e. The molecule has 0 radical (unpaired) electrons. The van der Waals surface area contributed by atoms with E-state index in [4.69, 9.17) is 0 Å². The molecule has 5 nitrogen and oxygen atoms in total. The zero-order valence-electron chi connectivity index (χ0n) is 11.3. The summed E-state index contributed by atoms with van der Waals surface area (Å²) in [6.45, 7) is 7.07. The standard InChI is InChI=1S/C12H17N3O2S2/c1-8-11(9(2)14-13-8)19(16,17)15-12(3,4)10-6-5-7-18-10/h5-7,15H,1-4H3,(H,13,14). The van der Waals surface area contributed by atoms with E-state index in [1.807, 2.05) is 31.4 Å². The van der Waals surface area contributed by atoms with E-state index in [0.717, 1.165) is 4.88 Å². The molecular formula is C12H17N3O2S2. The fourth-order valence-electron chi connectivity index (χ4n) is 2.01. The first-order chi connectivity index (χ1) is 8.74. The first-order valence-electron chi connectivity index (χ1n) is 5.83. The quantitative estimate of drug-likeness (QED) is 0.909. The molecular weight excluding hydrogens is 282 g/mol. The van der Waals surface area contributed by atoms with E-state index in [9.17, 15) is 8.42 Å². The van der Waals surface area contributed by atoms with E-state index < -0.39 is 15.6 Å². The highest BCUT2D eigenvalue weighted by Gasteiger charge is 2.31. The fraction of sp³-hybridized carbons (Fsp3) is 0.417. The second-order valence-corrected chi connectivity index (χ2v) is 7.54. The van der Waals surface area contributed by atoms with Gasteiger partial charge in [0.25, 0.3) is 0 Å². The number of hydrogen-bond donors (Lipinski definition) is 2. The van der Waals surface area contributed by atoms with Crippen molar-refractivity contribution in [1.82, 2.24) is 14.9 Å². The molecule has 0 atom stereocenters. The van der Waals surface area contributed by atoms with Crippen LogP contribution in [0.5, 0.6) is 0 Å². The average molecular weight is 299 g/mol. The van der Waals surface area contributed by atoms with Crippen molar-refractivity contribution in [2.45, 2.75) is 38.1 Å². The number of hydrogen-bond acceptors (Lipinski definition) is 4. The molecule has 7 heteroatoms. The summed E-state index contributed by atoms with van der Waals surface area (Å²) in [5.74, 6) is 0. The Labute approximate surface area is 117 Å². The Kier molecular flexibility index (Phi) is 3.55. The lowest BCUT2D eigenvalue weighted by Crippen LogP contribution is -2.40. The number of nitrogens with zero attached hydrogens (tertiary/aromatic N) is 1. The highest BCUT2D eigenvalue weighted by molar-refractivity contribution is 7.89. The molecule has 0 aliphatic rings. The molecule has 19 heavy (non-hydrogen) atoms. The minimum Gasteiger partial charge on any atom is -0.281 e. The molecule has 2 N–H and O–H groups in total. The van der Waals surface area contributed by atoms with E-state index >= 15 is 0 Å². The van der Waals surface area contributed by atoms with Crippen molar-refractivity contribution < 1.29 is 8.42 Å². The second-order valence-electron chi connectivity index (χ2n) is 4.97. The van der Waals surface area contributed by atoms with Crippen LogP contribution in [0, 0.1) is 13.8 Å². The fourth-order valence-corrected chi connectivity index (χ4v) is 4.65. The van der Waals surface area contributed by atoms with Crippen LogP contribution in [0.25, 0.3) is 0 Å². The molecule has 0 saturated heterocycles. The van der Waals surface area contributed by atoms with Gasteiger partial charge in [0.05, 0.1) is 16.9 Å². The maximum Gasteiger partial charge on any atom is 0.245 e. The Balaban J connectivity index is 2.38. The molecule has 2 rings (SSSR count). The van der Waals surface area contributed by atoms with Crippen molar-refractivity contribution in [3.8, 4) is 0 Å². The second kappa shape index (κ2) is 4.73. The highest BCUT2D eigenvalue weighted by Crippen LogP contribution is 2.28. The average Bonchev–Trinajstić information content (AvgIpc) is 2.86. The van der Waals surface area contributed by atoms with Gasteiger partial charge in [0.2, 0.25) is 10.0 Å². The molecule has 0 aromatic carbocycles. The maximum absolute atomic E-state index is 12.5. The molecule has 0 aliphatic carbocycles. The van der Waals surface area contributed by atoms with E-state index in [-0.39, 0.29) is 4.90 Å². The molecule has 2 heterocycles. The predicted octanol–water partition coefficient (Wildman–Crippen LogP) is 2.30. The van der Waals surface area contributed by atoms with Gasteiger partial charge in [0.15, 0.2) is 0 Å². The zero-order valence-corrected chi connectivity index (χ0v) is 12.9. The van der Waals surface area contributed by atoms with Gasteiger partial charge in [-0.05, 0) is 39.1 Å².